The molecule has 1 aliphatic heterocycles. The van der Waals surface area contributed by atoms with Gasteiger partial charge in [-0.1, -0.05) is 149 Å². The van der Waals surface area contributed by atoms with E-state index >= 15 is 0 Å². The third-order valence-electron chi connectivity index (χ3n) is 12.6. The maximum absolute atomic E-state index is 6.12. The molecule has 71 heavy (non-hydrogen) atoms. The van der Waals surface area contributed by atoms with Crippen LogP contribution in [0.4, 0.5) is 11.4 Å². The first-order valence-corrected chi connectivity index (χ1v) is 31.8. The number of aromatic nitrogens is 2. The fourth-order valence-electron chi connectivity index (χ4n) is 9.27. The van der Waals surface area contributed by atoms with E-state index in [1.807, 2.05) is 79.9 Å². The molecule has 7 rings (SSSR count). The predicted molar refractivity (Wildman–Crippen MR) is 310 cm³/mol. The minimum atomic E-state index is -1.57. The molecule has 0 saturated heterocycles. The first-order valence-electron chi connectivity index (χ1n) is 25.4. The van der Waals surface area contributed by atoms with Gasteiger partial charge in [0.1, 0.15) is 0 Å². The Kier molecular flexibility index (Phi) is 28.8. The van der Waals surface area contributed by atoms with Gasteiger partial charge in [-0.05, 0) is 157 Å². The summed E-state index contributed by atoms with van der Waals surface area (Å²) in [6.45, 7) is 34.4. The van der Waals surface area contributed by atoms with Crippen molar-refractivity contribution in [3.05, 3.63) is 184 Å². The number of anilines is 2. The van der Waals surface area contributed by atoms with Gasteiger partial charge in [0.05, 0.1) is 42.6 Å². The second-order valence-electron chi connectivity index (χ2n) is 18.7. The van der Waals surface area contributed by atoms with Crippen molar-refractivity contribution in [2.24, 2.45) is 0 Å². The molecule has 389 valence electrons. The molecule has 5 nitrogen and oxygen atoms in total. The number of halogens is 4. The fourth-order valence-corrected chi connectivity index (χ4v) is 9.59. The number of pyridine rings is 2. The average Bonchev–Trinajstić information content (AvgIpc) is 3.80. The number of hydrogen-bond donors (Lipinski definition) is 0. The summed E-state index contributed by atoms with van der Waals surface area (Å²) in [5, 5.41) is 0.753. The number of benzene rings is 4. The Morgan fingerprint density at radius 2 is 0.859 bits per heavy atom. The Labute approximate surface area is 453 Å². The summed E-state index contributed by atoms with van der Waals surface area (Å²) in [5.41, 5.74) is 17.0. The van der Waals surface area contributed by atoms with Crippen molar-refractivity contribution in [2.45, 2.75) is 134 Å². The van der Waals surface area contributed by atoms with Crippen LogP contribution in [0.25, 0.3) is 22.5 Å². The normalized spacial score (nSPS) is 11.9. The van der Waals surface area contributed by atoms with E-state index in [2.05, 4.69) is 151 Å². The van der Waals surface area contributed by atoms with Gasteiger partial charge in [-0.2, -0.15) is 0 Å². The van der Waals surface area contributed by atoms with E-state index in [1.165, 1.54) is 138 Å². The zero-order valence-corrected chi connectivity index (χ0v) is 49.3. The average molecular weight is 1130 g/mol. The van der Waals surface area contributed by atoms with Crippen LogP contribution in [-0.2, 0) is 13.7 Å². The molecular formula is C61H82Cl4N5Pd. The Morgan fingerprint density at radius 3 is 1.23 bits per heavy atom. The van der Waals surface area contributed by atoms with E-state index in [0.29, 0.717) is 0 Å². The van der Waals surface area contributed by atoms with Gasteiger partial charge in [-0.15, -0.1) is 6.67 Å². The summed E-state index contributed by atoms with van der Waals surface area (Å²) >= 11 is 4.56. The molecule has 6 aromatic rings. The number of nitrogens with zero attached hydrogens (tertiary/aromatic N) is 5. The summed E-state index contributed by atoms with van der Waals surface area (Å²) in [6.07, 6.45) is 18.9. The molecule has 1 aliphatic rings. The zero-order valence-electron chi connectivity index (χ0n) is 44.8. The number of aryl methyl sites for hydroxylation is 8. The van der Waals surface area contributed by atoms with Gasteiger partial charge in [0.25, 0.3) is 0 Å². The molecule has 0 spiro atoms. The monoisotopic (exact) mass is 1130 g/mol. The zero-order chi connectivity index (χ0) is 52.3. The van der Waals surface area contributed by atoms with Crippen molar-refractivity contribution in [3.8, 4) is 22.5 Å². The summed E-state index contributed by atoms with van der Waals surface area (Å²) < 4.78 is 1.42. The molecule has 0 bridgehead atoms. The standard InChI is InChI=1S/C21H25N2.C16H36N.C12H10ClN.C12H11N.3ClH.Pd/c1-14-9-16(3)20(17(4)10-14)22-7-8-23(13-22)21-18(5)11-15(2)12-19(21)6;1-5-9-13-17(14-10-6-2,15-11-7-3)16-12-8-4;1-9-5-4-6-10(13)12(9)11-7-2-3-8-14-11;1-10-6-2-3-7-11(10)12-8-4-5-9-13-12;;;;/h7-13H,1-6H3;5-16H2,1-4H3;2-8H,1H3;2-9H,1H3;3*1H;/q-1;+1;;;;;;+3/p-3. The van der Waals surface area contributed by atoms with Crippen LogP contribution in [0.5, 0.6) is 0 Å². The van der Waals surface area contributed by atoms with Gasteiger partial charge in [0, 0.05) is 34.9 Å². The first-order chi connectivity index (χ1) is 34.0. The van der Waals surface area contributed by atoms with Crippen LogP contribution in [0.2, 0.25) is 5.02 Å². The van der Waals surface area contributed by atoms with E-state index in [0.717, 1.165) is 27.5 Å². The third-order valence-corrected chi connectivity index (χ3v) is 12.9. The van der Waals surface area contributed by atoms with E-state index in [1.54, 1.807) is 6.20 Å². The second kappa shape index (κ2) is 33.2. The van der Waals surface area contributed by atoms with Gasteiger partial charge in [-0.25, -0.2) is 0 Å². The van der Waals surface area contributed by atoms with Crippen LogP contribution >= 0.6 is 40.2 Å². The molecule has 4 aromatic carbocycles. The molecule has 0 atom stereocenters. The van der Waals surface area contributed by atoms with Crippen molar-refractivity contribution in [3.63, 3.8) is 0 Å². The Bertz CT molecular complexity index is 2310. The van der Waals surface area contributed by atoms with Crippen LogP contribution < -0.4 is 9.80 Å². The molecule has 10 heteroatoms. The van der Waals surface area contributed by atoms with Crippen molar-refractivity contribution >= 4 is 51.6 Å². The maximum atomic E-state index is 6.12. The molecular weight excluding hydrogens is 1050 g/mol. The van der Waals surface area contributed by atoms with Gasteiger partial charge < -0.3 is 14.3 Å². The Balaban J connectivity index is 0.000000249. The Hall–Kier alpha value is -3.70. The molecule has 0 radical (unpaired) electrons. The SMILES string of the molecule is CCCC[N+](CCCC)(CCCC)CCCC.Cc1cc(C)c(N2C=CN(c3c(C)cc(C)cc3C)[CH-]2)c(C)c1.Cc1cccc(Cl)c1-c1ccccn1.Cc1ccccc1-c1ccccn1.[Cl][Pd]([Cl])[Cl]. The summed E-state index contributed by atoms with van der Waals surface area (Å²) in [5.74, 6) is 0. The molecule has 0 saturated carbocycles. The number of rotatable bonds is 16. The molecule has 0 unspecified atom stereocenters. The van der Waals surface area contributed by atoms with Crippen LogP contribution in [-0.4, -0.2) is 40.6 Å². The quantitative estimate of drug-likeness (QED) is 0.0549. The molecule has 3 heterocycles. The Morgan fingerprint density at radius 1 is 0.479 bits per heavy atom. The van der Waals surface area contributed by atoms with Gasteiger partial charge in [-0.3, -0.25) is 9.97 Å². The number of hydrogen-bond acceptors (Lipinski definition) is 4. The van der Waals surface area contributed by atoms with Crippen LogP contribution in [0.15, 0.2) is 128 Å². The molecule has 0 fully saturated rings. The second-order valence-corrected chi connectivity index (χ2v) is 26.2. The molecule has 0 aliphatic carbocycles. The van der Waals surface area contributed by atoms with Gasteiger partial charge in [0.15, 0.2) is 0 Å². The van der Waals surface area contributed by atoms with Crippen molar-refractivity contribution in [2.75, 3.05) is 36.0 Å². The van der Waals surface area contributed by atoms with E-state index in [4.69, 9.17) is 40.2 Å². The molecule has 0 amide bonds. The van der Waals surface area contributed by atoms with E-state index < -0.39 is 13.7 Å². The summed E-state index contributed by atoms with van der Waals surface area (Å²) in [7, 11) is 14.8. The predicted octanol–water partition coefficient (Wildman–Crippen LogP) is 19.3. The number of unbranched alkanes of at least 4 members (excludes halogenated alkanes) is 4. The number of quaternary nitrogens is 1. The van der Waals surface area contributed by atoms with Gasteiger partial charge >= 0.3 is 42.3 Å². The van der Waals surface area contributed by atoms with Gasteiger partial charge in [0.2, 0.25) is 0 Å². The van der Waals surface area contributed by atoms with Crippen molar-refractivity contribution in [1.29, 1.82) is 0 Å². The molecule has 2 aromatic heterocycles. The summed E-state index contributed by atoms with van der Waals surface area (Å²) in [4.78, 5) is 13.0. The third kappa shape index (κ3) is 21.0. The van der Waals surface area contributed by atoms with E-state index in [-0.39, 0.29) is 0 Å². The molecule has 0 N–H and O–H groups in total. The topological polar surface area (TPSA) is 32.3 Å². The van der Waals surface area contributed by atoms with Crippen LogP contribution in [0.1, 0.15) is 124 Å². The summed E-state index contributed by atoms with van der Waals surface area (Å²) in [6, 6.07) is 34.9. The first kappa shape index (κ1) is 61.6. The fraction of sp³-hybridized carbons (Fsp3) is 0.393. The van der Waals surface area contributed by atoms with Crippen LogP contribution in [0, 0.1) is 62.1 Å². The van der Waals surface area contributed by atoms with Crippen molar-refractivity contribution in [1.82, 2.24) is 9.97 Å². The van der Waals surface area contributed by atoms with Crippen molar-refractivity contribution < 1.29 is 18.2 Å². The van der Waals surface area contributed by atoms with E-state index in [9.17, 15) is 0 Å². The van der Waals surface area contributed by atoms with Crippen LogP contribution in [0.3, 0.4) is 0 Å². The minimum absolute atomic E-state index is 0.753.